The zero-order valence-corrected chi connectivity index (χ0v) is 15.6. The first-order chi connectivity index (χ1) is 11.8. The number of amides is 1. The fraction of sp³-hybridized carbons (Fsp3) is 0.235. The third kappa shape index (κ3) is 3.59. The molecule has 0 saturated heterocycles. The second-order valence-corrected chi connectivity index (χ2v) is 8.78. The Morgan fingerprint density at radius 2 is 1.96 bits per heavy atom. The van der Waals surface area contributed by atoms with Crippen LogP contribution >= 0.6 is 11.8 Å². The van der Waals surface area contributed by atoms with Gasteiger partial charge in [-0.2, -0.15) is 0 Å². The van der Waals surface area contributed by atoms with Crippen molar-refractivity contribution >= 4 is 39.1 Å². The standard InChI is InChI=1S/C17H18N2O4S2/c1-10-4-6-15(23-3)13(8-10)19-25(21,22)12-5-7-16-14(9-12)18-17(20)11(2)24-16/h4-9,11,19H,1-3H3,(H,18,20)/t11-/m1/s1. The van der Waals surface area contributed by atoms with Gasteiger partial charge in [-0.25, -0.2) is 8.42 Å². The van der Waals surface area contributed by atoms with E-state index in [-0.39, 0.29) is 16.1 Å². The maximum atomic E-state index is 12.7. The number of nitrogens with one attached hydrogen (secondary N) is 2. The number of thioether (sulfide) groups is 1. The molecule has 2 aromatic carbocycles. The number of methoxy groups -OCH3 is 1. The highest BCUT2D eigenvalue weighted by Gasteiger charge is 2.25. The van der Waals surface area contributed by atoms with Crippen LogP contribution in [0.4, 0.5) is 11.4 Å². The molecule has 2 N–H and O–H groups in total. The number of benzene rings is 2. The van der Waals surface area contributed by atoms with Crippen molar-refractivity contribution in [2.75, 3.05) is 17.1 Å². The SMILES string of the molecule is COc1ccc(C)cc1NS(=O)(=O)c1ccc2c(c1)NC(=O)[C@@H](C)S2. The van der Waals surface area contributed by atoms with E-state index in [1.807, 2.05) is 13.0 Å². The lowest BCUT2D eigenvalue weighted by Crippen LogP contribution is -2.26. The maximum Gasteiger partial charge on any atom is 0.262 e. The van der Waals surface area contributed by atoms with Gasteiger partial charge >= 0.3 is 0 Å². The van der Waals surface area contributed by atoms with E-state index in [4.69, 9.17) is 4.74 Å². The zero-order chi connectivity index (χ0) is 18.2. The van der Waals surface area contributed by atoms with E-state index in [2.05, 4.69) is 10.0 Å². The van der Waals surface area contributed by atoms with Crippen LogP contribution in [0.1, 0.15) is 12.5 Å². The van der Waals surface area contributed by atoms with Crippen molar-refractivity contribution in [3.05, 3.63) is 42.0 Å². The van der Waals surface area contributed by atoms with Gasteiger partial charge in [0.15, 0.2) is 0 Å². The number of ether oxygens (including phenoxy) is 1. The summed E-state index contributed by atoms with van der Waals surface area (Å²) in [6.45, 7) is 3.67. The molecule has 0 bridgehead atoms. The highest BCUT2D eigenvalue weighted by Crippen LogP contribution is 2.37. The lowest BCUT2D eigenvalue weighted by atomic mass is 10.2. The highest BCUT2D eigenvalue weighted by molar-refractivity contribution is 8.01. The minimum Gasteiger partial charge on any atom is -0.495 e. The molecule has 0 unspecified atom stereocenters. The van der Waals surface area contributed by atoms with Gasteiger partial charge in [-0.15, -0.1) is 11.8 Å². The third-order valence-electron chi connectivity index (χ3n) is 3.79. The van der Waals surface area contributed by atoms with Crippen molar-refractivity contribution < 1.29 is 17.9 Å². The van der Waals surface area contributed by atoms with E-state index in [1.165, 1.54) is 31.0 Å². The Balaban J connectivity index is 1.95. The molecule has 0 aromatic heterocycles. The number of carbonyl (C=O) groups excluding carboxylic acids is 1. The van der Waals surface area contributed by atoms with Crippen molar-refractivity contribution in [1.29, 1.82) is 0 Å². The van der Waals surface area contributed by atoms with Crippen LogP contribution in [0.3, 0.4) is 0 Å². The number of hydrogen-bond donors (Lipinski definition) is 2. The Morgan fingerprint density at radius 1 is 1.20 bits per heavy atom. The smallest absolute Gasteiger partial charge is 0.262 e. The van der Waals surface area contributed by atoms with Gasteiger partial charge < -0.3 is 10.1 Å². The van der Waals surface area contributed by atoms with E-state index in [9.17, 15) is 13.2 Å². The summed E-state index contributed by atoms with van der Waals surface area (Å²) >= 11 is 1.40. The summed E-state index contributed by atoms with van der Waals surface area (Å²) in [6, 6.07) is 9.95. The molecule has 1 atom stereocenters. The summed E-state index contributed by atoms with van der Waals surface area (Å²) in [5.41, 5.74) is 1.78. The molecule has 3 rings (SSSR count). The van der Waals surface area contributed by atoms with Gasteiger partial charge in [0.25, 0.3) is 10.0 Å². The van der Waals surface area contributed by atoms with Gasteiger partial charge in [0, 0.05) is 4.90 Å². The van der Waals surface area contributed by atoms with Gasteiger partial charge in [0.05, 0.1) is 28.6 Å². The fourth-order valence-corrected chi connectivity index (χ4v) is 4.48. The molecule has 0 aliphatic carbocycles. The van der Waals surface area contributed by atoms with Crippen LogP contribution in [0.25, 0.3) is 0 Å². The summed E-state index contributed by atoms with van der Waals surface area (Å²) in [5, 5.41) is 2.54. The molecule has 0 fully saturated rings. The van der Waals surface area contributed by atoms with Gasteiger partial charge in [-0.3, -0.25) is 9.52 Å². The Hall–Kier alpha value is -2.19. The van der Waals surface area contributed by atoms with E-state index in [1.54, 1.807) is 25.1 Å². The average molecular weight is 378 g/mol. The number of aryl methyl sites for hydroxylation is 1. The number of hydrogen-bond acceptors (Lipinski definition) is 5. The first-order valence-electron chi connectivity index (χ1n) is 7.59. The van der Waals surface area contributed by atoms with Gasteiger partial charge in [0.1, 0.15) is 5.75 Å². The van der Waals surface area contributed by atoms with Crippen LogP contribution in [0.15, 0.2) is 46.2 Å². The molecular formula is C17H18N2O4S2. The number of fused-ring (bicyclic) bond motifs is 1. The van der Waals surface area contributed by atoms with Crippen LogP contribution in [-0.4, -0.2) is 26.7 Å². The van der Waals surface area contributed by atoms with Crippen LogP contribution in [-0.2, 0) is 14.8 Å². The topological polar surface area (TPSA) is 84.5 Å². The van der Waals surface area contributed by atoms with Gasteiger partial charge in [0.2, 0.25) is 5.91 Å². The number of anilines is 2. The van der Waals surface area contributed by atoms with Crippen molar-refractivity contribution in [3.63, 3.8) is 0 Å². The Morgan fingerprint density at radius 3 is 2.68 bits per heavy atom. The second kappa shape index (κ2) is 6.61. The fourth-order valence-electron chi connectivity index (χ4n) is 2.46. The molecule has 25 heavy (non-hydrogen) atoms. The first-order valence-corrected chi connectivity index (χ1v) is 9.95. The van der Waals surface area contributed by atoms with Crippen LogP contribution in [0.5, 0.6) is 5.75 Å². The minimum absolute atomic E-state index is 0.0743. The van der Waals surface area contributed by atoms with Crippen LogP contribution in [0.2, 0.25) is 0 Å². The van der Waals surface area contributed by atoms with Crippen LogP contribution in [0, 0.1) is 6.92 Å². The maximum absolute atomic E-state index is 12.7. The van der Waals surface area contributed by atoms with E-state index < -0.39 is 10.0 Å². The highest BCUT2D eigenvalue weighted by atomic mass is 32.2. The van der Waals surface area contributed by atoms with Crippen molar-refractivity contribution in [2.24, 2.45) is 0 Å². The van der Waals surface area contributed by atoms with E-state index in [0.717, 1.165) is 10.5 Å². The predicted molar refractivity (Wildman–Crippen MR) is 98.9 cm³/mol. The molecule has 1 aliphatic rings. The molecule has 1 amide bonds. The normalized spacial score (nSPS) is 16.8. The summed E-state index contributed by atoms with van der Waals surface area (Å²) in [7, 11) is -2.34. The quantitative estimate of drug-likeness (QED) is 0.853. The summed E-state index contributed by atoms with van der Waals surface area (Å²) < 4.78 is 33.2. The predicted octanol–water partition coefficient (Wildman–Crippen LogP) is 3.24. The number of rotatable bonds is 4. The first kappa shape index (κ1) is 17.6. The number of sulfonamides is 1. The second-order valence-electron chi connectivity index (χ2n) is 5.72. The third-order valence-corrected chi connectivity index (χ3v) is 6.33. The lowest BCUT2D eigenvalue weighted by molar-refractivity contribution is -0.115. The van der Waals surface area contributed by atoms with Crippen LogP contribution < -0.4 is 14.8 Å². The largest absolute Gasteiger partial charge is 0.495 e. The summed E-state index contributed by atoms with van der Waals surface area (Å²) in [4.78, 5) is 12.7. The van der Waals surface area contributed by atoms with Gasteiger partial charge in [-0.1, -0.05) is 6.07 Å². The molecule has 1 aliphatic heterocycles. The minimum atomic E-state index is -3.82. The Bertz CT molecular complexity index is 942. The van der Waals surface area contributed by atoms with Crippen molar-refractivity contribution in [3.8, 4) is 5.75 Å². The van der Waals surface area contributed by atoms with Gasteiger partial charge in [-0.05, 0) is 49.7 Å². The Kier molecular flexibility index (Phi) is 4.66. The lowest BCUT2D eigenvalue weighted by Gasteiger charge is -2.22. The molecule has 8 heteroatoms. The summed E-state index contributed by atoms with van der Waals surface area (Å²) in [5.74, 6) is 0.296. The van der Waals surface area contributed by atoms with Crippen molar-refractivity contribution in [1.82, 2.24) is 0 Å². The molecular weight excluding hydrogens is 360 g/mol. The average Bonchev–Trinajstić information content (AvgIpc) is 2.55. The zero-order valence-electron chi connectivity index (χ0n) is 14.0. The molecule has 1 heterocycles. The Labute approximate surface area is 151 Å². The molecule has 6 nitrogen and oxygen atoms in total. The molecule has 2 aromatic rings. The van der Waals surface area contributed by atoms with Crippen molar-refractivity contribution in [2.45, 2.75) is 28.9 Å². The van der Waals surface area contributed by atoms with E-state index in [0.29, 0.717) is 17.1 Å². The molecule has 0 radical (unpaired) electrons. The van der Waals surface area contributed by atoms with E-state index >= 15 is 0 Å². The molecule has 0 spiro atoms. The molecule has 0 saturated carbocycles. The summed E-state index contributed by atoms with van der Waals surface area (Å²) in [6.07, 6.45) is 0. The molecule has 132 valence electrons. The monoisotopic (exact) mass is 378 g/mol. The number of carbonyl (C=O) groups is 1.